The molecule has 1 fully saturated rings. The number of hydrazone groups is 1. The molecule has 168 valence electrons. The van der Waals surface area contributed by atoms with Gasteiger partial charge in [0.1, 0.15) is 11.4 Å². The number of hydrogen-bond donors (Lipinski definition) is 5. The van der Waals surface area contributed by atoms with E-state index < -0.39 is 11.9 Å². The zero-order valence-electron chi connectivity index (χ0n) is 17.3. The van der Waals surface area contributed by atoms with Crippen molar-refractivity contribution in [1.29, 1.82) is 0 Å². The molecule has 1 amide bonds. The molecule has 1 atom stereocenters. The van der Waals surface area contributed by atoms with Gasteiger partial charge in [-0.25, -0.2) is 19.8 Å². The third-order valence-electron chi connectivity index (χ3n) is 5.62. The Morgan fingerprint density at radius 1 is 1.18 bits per heavy atom. The van der Waals surface area contributed by atoms with Crippen molar-refractivity contribution < 1.29 is 14.6 Å². The Labute approximate surface area is 186 Å². The summed E-state index contributed by atoms with van der Waals surface area (Å²) in [6.07, 6.45) is 5.73. The summed E-state index contributed by atoms with van der Waals surface area (Å²) in [6, 6.07) is 5.94. The van der Waals surface area contributed by atoms with Gasteiger partial charge in [-0.3, -0.25) is 15.1 Å². The number of fused-ring (bicyclic) bond motifs is 2. The van der Waals surface area contributed by atoms with Crippen molar-refractivity contribution in [3.05, 3.63) is 45.5 Å². The Hall–Kier alpha value is -4.35. The highest BCUT2D eigenvalue weighted by Gasteiger charge is 2.36. The van der Waals surface area contributed by atoms with Crippen LogP contribution < -0.4 is 21.1 Å². The molecule has 12 heteroatoms. The van der Waals surface area contributed by atoms with E-state index in [1.807, 2.05) is 12.1 Å². The molecule has 1 aliphatic carbocycles. The van der Waals surface area contributed by atoms with Crippen molar-refractivity contribution in [3.63, 3.8) is 0 Å². The number of guanidine groups is 1. The van der Waals surface area contributed by atoms with Crippen molar-refractivity contribution in [2.75, 3.05) is 5.32 Å². The molecule has 4 aliphatic rings. The van der Waals surface area contributed by atoms with E-state index in [1.165, 1.54) is 0 Å². The lowest BCUT2D eigenvalue weighted by Crippen LogP contribution is -2.51. The summed E-state index contributed by atoms with van der Waals surface area (Å²) in [5.74, 6) is 0.837. The molecule has 33 heavy (non-hydrogen) atoms. The lowest BCUT2D eigenvalue weighted by Gasteiger charge is -2.29. The number of aromatic amines is 2. The number of amides is 1. The number of nitrogens with zero attached hydrogens (tertiary/aromatic N) is 4. The number of amidine groups is 1. The fourth-order valence-corrected chi connectivity index (χ4v) is 3.82. The second-order valence-corrected chi connectivity index (χ2v) is 8.16. The Balaban J connectivity index is 1.32. The zero-order valence-corrected chi connectivity index (χ0v) is 17.3. The SMILES string of the molecule is O=C1CCc2cc(OC3=NC4/C(=C\c5[nH]c(=O)[nH]c5O)C=NN4C(=NC4CC4)N3)ccc2N1. The number of benzene rings is 1. The minimum Gasteiger partial charge on any atom is -0.493 e. The molecule has 5 N–H and O–H groups in total. The van der Waals surface area contributed by atoms with Crippen LogP contribution >= 0.6 is 0 Å². The van der Waals surface area contributed by atoms with Gasteiger partial charge in [0.15, 0.2) is 6.17 Å². The number of nitrogens with one attached hydrogen (secondary N) is 4. The molecular weight excluding hydrogens is 428 g/mol. The summed E-state index contributed by atoms with van der Waals surface area (Å²) in [5.41, 5.74) is 2.14. The number of hydrogen-bond acceptors (Lipinski definition) is 7. The third-order valence-corrected chi connectivity index (χ3v) is 5.62. The Morgan fingerprint density at radius 3 is 2.85 bits per heavy atom. The molecule has 12 nitrogen and oxygen atoms in total. The van der Waals surface area contributed by atoms with Crippen LogP contribution in [-0.4, -0.2) is 56.4 Å². The zero-order chi connectivity index (χ0) is 22.5. The molecule has 1 aromatic carbocycles. The van der Waals surface area contributed by atoms with Crippen molar-refractivity contribution in [1.82, 2.24) is 20.3 Å². The van der Waals surface area contributed by atoms with E-state index in [0.29, 0.717) is 30.1 Å². The second-order valence-electron chi connectivity index (χ2n) is 8.16. The number of rotatable bonds is 3. The first-order valence-electron chi connectivity index (χ1n) is 10.6. The predicted molar refractivity (Wildman–Crippen MR) is 120 cm³/mol. The first-order valence-corrected chi connectivity index (χ1v) is 10.6. The highest BCUT2D eigenvalue weighted by Crippen LogP contribution is 2.30. The van der Waals surface area contributed by atoms with Crippen LogP contribution in [-0.2, 0) is 11.2 Å². The maximum Gasteiger partial charge on any atom is 0.326 e. The van der Waals surface area contributed by atoms with E-state index in [-0.39, 0.29) is 29.5 Å². The molecule has 0 radical (unpaired) electrons. The van der Waals surface area contributed by atoms with Gasteiger partial charge >= 0.3 is 5.69 Å². The number of imidazole rings is 1. The minimum absolute atomic E-state index is 0.00543. The highest BCUT2D eigenvalue weighted by atomic mass is 16.5. The molecule has 1 aromatic heterocycles. The number of carbonyl (C=O) groups excluding carboxylic acids is 1. The largest absolute Gasteiger partial charge is 0.493 e. The summed E-state index contributed by atoms with van der Waals surface area (Å²) in [7, 11) is 0. The number of ether oxygens (including phenoxy) is 1. The molecule has 0 saturated heterocycles. The smallest absolute Gasteiger partial charge is 0.326 e. The Morgan fingerprint density at radius 2 is 2.06 bits per heavy atom. The van der Waals surface area contributed by atoms with Gasteiger partial charge in [0.25, 0.3) is 6.02 Å². The topological polar surface area (TPSA) is 160 Å². The average Bonchev–Trinajstić information content (AvgIpc) is 3.42. The first-order chi connectivity index (χ1) is 16.0. The molecule has 1 saturated carbocycles. The van der Waals surface area contributed by atoms with E-state index in [0.717, 1.165) is 24.1 Å². The van der Waals surface area contributed by atoms with Gasteiger partial charge in [-0.1, -0.05) is 0 Å². The lowest BCUT2D eigenvalue weighted by atomic mass is 10.0. The van der Waals surface area contributed by atoms with Crippen LogP contribution in [0.4, 0.5) is 5.69 Å². The molecule has 6 rings (SSSR count). The summed E-state index contributed by atoms with van der Waals surface area (Å²) >= 11 is 0. The monoisotopic (exact) mass is 448 g/mol. The lowest BCUT2D eigenvalue weighted by molar-refractivity contribution is -0.116. The van der Waals surface area contributed by atoms with Crippen LogP contribution in [0.3, 0.4) is 0 Å². The van der Waals surface area contributed by atoms with E-state index >= 15 is 0 Å². The standard InChI is InChI=1S/C21H20N8O4/c30-16-6-1-10-7-13(4-5-14(10)24-16)33-21-26-17-11(8-15-18(31)27-20(32)25-15)9-22-29(17)19(28-21)23-12-2-3-12/h4-5,7-9,12,17,31H,1-3,6H2,(H,24,30)(H,23,26,28)(H2,25,27,32)/b11-8-. The van der Waals surface area contributed by atoms with Crippen LogP contribution in [0.5, 0.6) is 11.6 Å². The average molecular weight is 448 g/mol. The van der Waals surface area contributed by atoms with E-state index in [2.05, 4.69) is 30.7 Å². The molecule has 2 aromatic rings. The predicted octanol–water partition coefficient (Wildman–Crippen LogP) is 0.861. The maximum absolute atomic E-state index is 11.6. The fourth-order valence-electron chi connectivity index (χ4n) is 3.82. The summed E-state index contributed by atoms with van der Waals surface area (Å²) < 4.78 is 6.04. The highest BCUT2D eigenvalue weighted by molar-refractivity contribution is 6.03. The number of H-pyrrole nitrogens is 2. The number of aryl methyl sites for hydroxylation is 1. The molecule has 1 unspecified atom stereocenters. The number of aliphatic imine (C=N–C) groups is 2. The molecule has 0 bridgehead atoms. The Bertz CT molecular complexity index is 1330. The van der Waals surface area contributed by atoms with Crippen LogP contribution in [0.2, 0.25) is 0 Å². The molecule has 0 spiro atoms. The van der Waals surface area contributed by atoms with Crippen molar-refractivity contribution in [2.24, 2.45) is 15.1 Å². The van der Waals surface area contributed by atoms with Crippen LogP contribution in [0, 0.1) is 0 Å². The number of carbonyl (C=O) groups is 1. The first kappa shape index (κ1) is 19.3. The van der Waals surface area contributed by atoms with Gasteiger partial charge in [-0.2, -0.15) is 5.10 Å². The van der Waals surface area contributed by atoms with Gasteiger partial charge in [-0.15, -0.1) is 0 Å². The number of aromatic nitrogens is 2. The normalized spacial score (nSPS) is 23.8. The van der Waals surface area contributed by atoms with Crippen molar-refractivity contribution >= 4 is 35.9 Å². The quantitative estimate of drug-likeness (QED) is 0.468. The summed E-state index contributed by atoms with van der Waals surface area (Å²) in [5, 5.41) is 21.9. The van der Waals surface area contributed by atoms with Crippen molar-refractivity contribution in [2.45, 2.75) is 37.9 Å². The number of aromatic hydroxyl groups is 1. The molecular formula is C21H20N8O4. The van der Waals surface area contributed by atoms with E-state index in [1.54, 1.807) is 23.4 Å². The van der Waals surface area contributed by atoms with Crippen LogP contribution in [0.15, 0.2) is 43.7 Å². The van der Waals surface area contributed by atoms with E-state index in [4.69, 9.17) is 9.73 Å². The number of anilines is 1. The maximum atomic E-state index is 11.6. The minimum atomic E-state index is -0.575. The van der Waals surface area contributed by atoms with Gasteiger partial charge in [0, 0.05) is 17.7 Å². The Kier molecular flexibility index (Phi) is 4.31. The fraction of sp³-hybridized carbons (Fsp3) is 0.286. The third kappa shape index (κ3) is 3.75. The van der Waals surface area contributed by atoms with Crippen LogP contribution in [0.25, 0.3) is 6.08 Å². The van der Waals surface area contributed by atoms with E-state index in [9.17, 15) is 14.7 Å². The van der Waals surface area contributed by atoms with Crippen molar-refractivity contribution in [3.8, 4) is 11.6 Å². The van der Waals surface area contributed by atoms with Crippen LogP contribution in [0.1, 0.15) is 30.5 Å². The van der Waals surface area contributed by atoms with Gasteiger partial charge in [0.2, 0.25) is 17.7 Å². The van der Waals surface area contributed by atoms with Gasteiger partial charge in [-0.05, 0) is 49.1 Å². The van der Waals surface area contributed by atoms with Gasteiger partial charge in [0.05, 0.1) is 12.3 Å². The molecule has 3 aliphatic heterocycles. The summed E-state index contributed by atoms with van der Waals surface area (Å²) in [6.45, 7) is 0. The molecule has 4 heterocycles. The van der Waals surface area contributed by atoms with Gasteiger partial charge < -0.3 is 20.1 Å². The summed E-state index contributed by atoms with van der Waals surface area (Å²) in [4.78, 5) is 37.2. The second kappa shape index (κ2) is 7.36.